The van der Waals surface area contributed by atoms with Crippen molar-refractivity contribution in [1.29, 1.82) is 0 Å². The minimum Gasteiger partial charge on any atom is -0.264 e. The largest absolute Gasteiger partial charge is 0.328 e. The van der Waals surface area contributed by atoms with Gasteiger partial charge in [-0.25, -0.2) is 0 Å². The normalized spacial score (nSPS) is 11.9. The Labute approximate surface area is 83.6 Å². The van der Waals surface area contributed by atoms with E-state index in [1.165, 1.54) is 0 Å². The van der Waals surface area contributed by atoms with Crippen LogP contribution in [-0.2, 0) is 0 Å². The van der Waals surface area contributed by atoms with Gasteiger partial charge in [-0.1, -0.05) is 18.2 Å². The Morgan fingerprint density at radius 3 is 2.50 bits per heavy atom. The van der Waals surface area contributed by atoms with Crippen LogP contribution in [0.15, 0.2) is 30.5 Å². The molecule has 0 N–H and O–H groups in total. The van der Waals surface area contributed by atoms with Crippen LogP contribution in [0.4, 0.5) is 5.95 Å². The van der Waals surface area contributed by atoms with Gasteiger partial charge in [0.05, 0.1) is 26.7 Å². The Hall–Kier alpha value is -1.48. The van der Waals surface area contributed by atoms with E-state index in [0.29, 0.717) is 4.48 Å². The Bertz CT molecular complexity index is 457. The lowest BCUT2D eigenvalue weighted by Gasteiger charge is -2.19. The molecule has 3 nitrogen and oxygen atoms in total. The molecule has 0 unspecified atom stereocenters. The molecule has 0 amide bonds. The first-order valence-corrected chi connectivity index (χ1v) is 4.61. The summed E-state index contributed by atoms with van der Waals surface area (Å²) in [5, 5.41) is 1.09. The van der Waals surface area contributed by atoms with Crippen molar-refractivity contribution < 1.29 is 0 Å². The molecule has 0 saturated heterocycles. The van der Waals surface area contributed by atoms with Gasteiger partial charge in [0.1, 0.15) is 0 Å². The summed E-state index contributed by atoms with van der Waals surface area (Å²) < 4.78 is 0.644. The second-order valence-corrected chi connectivity index (χ2v) is 4.24. The van der Waals surface area contributed by atoms with Crippen LogP contribution >= 0.6 is 0 Å². The summed E-state index contributed by atoms with van der Waals surface area (Å²) in [4.78, 5) is 8.85. The second-order valence-electron chi connectivity index (χ2n) is 4.24. The van der Waals surface area contributed by atoms with Crippen molar-refractivity contribution in [2.75, 3.05) is 21.1 Å². The van der Waals surface area contributed by atoms with Gasteiger partial charge >= 0.3 is 5.95 Å². The van der Waals surface area contributed by atoms with Crippen molar-refractivity contribution in [1.82, 2.24) is 14.5 Å². The highest BCUT2D eigenvalue weighted by atomic mass is 15.4. The summed E-state index contributed by atoms with van der Waals surface area (Å²) in [6.45, 7) is 0. The summed E-state index contributed by atoms with van der Waals surface area (Å²) in [5.41, 5.74) is 1.01. The number of fused-ring (bicyclic) bond motifs is 1. The van der Waals surface area contributed by atoms with Crippen molar-refractivity contribution in [3.8, 4) is 0 Å². The van der Waals surface area contributed by atoms with E-state index in [9.17, 15) is 0 Å². The summed E-state index contributed by atoms with van der Waals surface area (Å²) in [6.07, 6.45) is 1.88. The Morgan fingerprint density at radius 1 is 1.07 bits per heavy atom. The molecule has 1 aromatic heterocycles. The topological polar surface area (TPSA) is 25.8 Å². The molecule has 0 aliphatic carbocycles. The third kappa shape index (κ3) is 1.59. The summed E-state index contributed by atoms with van der Waals surface area (Å²) >= 11 is 0. The molecule has 0 aliphatic heterocycles. The molecule has 1 heterocycles. The fourth-order valence-electron chi connectivity index (χ4n) is 1.29. The summed E-state index contributed by atoms with van der Waals surface area (Å²) in [6, 6.07) is 8.02. The van der Waals surface area contributed by atoms with Gasteiger partial charge in [-0.2, -0.15) is 9.97 Å². The van der Waals surface area contributed by atoms with Gasteiger partial charge in [-0.15, -0.1) is 0 Å². The maximum absolute atomic E-state index is 4.51. The molecule has 2 aromatic rings. The van der Waals surface area contributed by atoms with E-state index >= 15 is 0 Å². The Balaban J connectivity index is 2.63. The van der Waals surface area contributed by atoms with Crippen LogP contribution < -0.4 is 4.48 Å². The highest BCUT2D eigenvalue weighted by molar-refractivity contribution is 5.78. The number of hydrogen-bond acceptors (Lipinski definition) is 2. The summed E-state index contributed by atoms with van der Waals surface area (Å²) in [7, 11) is 6.18. The average molecular weight is 188 g/mol. The van der Waals surface area contributed by atoms with Crippen LogP contribution in [0.25, 0.3) is 10.9 Å². The lowest BCUT2D eigenvalue weighted by molar-refractivity contribution is 0.460. The van der Waals surface area contributed by atoms with E-state index in [1.54, 1.807) is 0 Å². The maximum Gasteiger partial charge on any atom is 0.328 e. The van der Waals surface area contributed by atoms with Gasteiger partial charge in [-0.3, -0.25) is 4.48 Å². The SMILES string of the molecule is C[N+](C)(C)c1ncc2ccccc2n1. The molecule has 0 aliphatic rings. The van der Waals surface area contributed by atoms with Crippen molar-refractivity contribution in [3.05, 3.63) is 30.5 Å². The fraction of sp³-hybridized carbons (Fsp3) is 0.273. The minimum atomic E-state index is 0.644. The van der Waals surface area contributed by atoms with Gasteiger partial charge in [0.25, 0.3) is 0 Å². The molecule has 3 heteroatoms. The van der Waals surface area contributed by atoms with Crippen LogP contribution in [0.1, 0.15) is 0 Å². The third-order valence-electron chi connectivity index (χ3n) is 2.08. The van der Waals surface area contributed by atoms with Crippen LogP contribution in [0.2, 0.25) is 0 Å². The van der Waals surface area contributed by atoms with E-state index in [1.807, 2.05) is 30.5 Å². The Kier molecular flexibility index (Phi) is 1.97. The first kappa shape index (κ1) is 9.09. The molecular formula is C11H14N3+. The van der Waals surface area contributed by atoms with Gasteiger partial charge < -0.3 is 0 Å². The first-order valence-electron chi connectivity index (χ1n) is 4.61. The molecule has 0 atom stereocenters. The number of rotatable bonds is 1. The van der Waals surface area contributed by atoms with Crippen LogP contribution in [0.3, 0.4) is 0 Å². The molecule has 1 aromatic carbocycles. The van der Waals surface area contributed by atoms with Crippen molar-refractivity contribution >= 4 is 16.9 Å². The monoisotopic (exact) mass is 188 g/mol. The molecular weight excluding hydrogens is 174 g/mol. The Morgan fingerprint density at radius 2 is 1.79 bits per heavy atom. The molecule has 72 valence electrons. The first-order chi connectivity index (χ1) is 6.57. The molecule has 0 saturated carbocycles. The van der Waals surface area contributed by atoms with E-state index in [2.05, 4.69) is 31.1 Å². The van der Waals surface area contributed by atoms with E-state index in [-0.39, 0.29) is 0 Å². The van der Waals surface area contributed by atoms with E-state index < -0.39 is 0 Å². The molecule has 0 radical (unpaired) electrons. The number of nitrogens with zero attached hydrogens (tertiary/aromatic N) is 3. The molecule has 0 bridgehead atoms. The highest BCUT2D eigenvalue weighted by Crippen LogP contribution is 2.15. The number of aromatic nitrogens is 2. The number of para-hydroxylation sites is 1. The third-order valence-corrected chi connectivity index (χ3v) is 2.08. The lowest BCUT2D eigenvalue weighted by atomic mass is 10.2. The fourth-order valence-corrected chi connectivity index (χ4v) is 1.29. The van der Waals surface area contributed by atoms with Gasteiger partial charge in [-0.05, 0) is 6.07 Å². The van der Waals surface area contributed by atoms with Crippen LogP contribution in [-0.4, -0.2) is 31.1 Å². The maximum atomic E-state index is 4.51. The summed E-state index contributed by atoms with van der Waals surface area (Å²) in [5.74, 6) is 0.837. The molecule has 2 rings (SSSR count). The van der Waals surface area contributed by atoms with Crippen molar-refractivity contribution in [2.24, 2.45) is 0 Å². The zero-order chi connectivity index (χ0) is 10.2. The zero-order valence-electron chi connectivity index (χ0n) is 8.73. The standard InChI is InChI=1S/C11H14N3/c1-14(2,3)11-12-8-9-6-4-5-7-10(9)13-11/h4-8H,1-3H3/q+1. The predicted molar refractivity (Wildman–Crippen MR) is 59.1 cm³/mol. The van der Waals surface area contributed by atoms with Crippen molar-refractivity contribution in [3.63, 3.8) is 0 Å². The minimum absolute atomic E-state index is 0.644. The van der Waals surface area contributed by atoms with Crippen LogP contribution in [0.5, 0.6) is 0 Å². The predicted octanol–water partition coefficient (Wildman–Crippen LogP) is 1.83. The van der Waals surface area contributed by atoms with Crippen LogP contribution in [0, 0.1) is 0 Å². The average Bonchev–Trinajstić information content (AvgIpc) is 2.16. The van der Waals surface area contributed by atoms with Gasteiger partial charge in [0.15, 0.2) is 0 Å². The quantitative estimate of drug-likeness (QED) is 0.638. The molecule has 0 fully saturated rings. The van der Waals surface area contributed by atoms with Crippen molar-refractivity contribution in [2.45, 2.75) is 0 Å². The number of quaternary nitrogens is 1. The highest BCUT2D eigenvalue weighted by Gasteiger charge is 2.15. The number of benzene rings is 1. The second kappa shape index (κ2) is 3.03. The number of hydrogen-bond donors (Lipinski definition) is 0. The lowest BCUT2D eigenvalue weighted by Crippen LogP contribution is -2.36. The van der Waals surface area contributed by atoms with E-state index in [4.69, 9.17) is 0 Å². The zero-order valence-corrected chi connectivity index (χ0v) is 8.73. The molecule has 14 heavy (non-hydrogen) atoms. The smallest absolute Gasteiger partial charge is 0.264 e. The van der Waals surface area contributed by atoms with Gasteiger partial charge in [0.2, 0.25) is 0 Å². The van der Waals surface area contributed by atoms with E-state index in [0.717, 1.165) is 16.9 Å². The van der Waals surface area contributed by atoms with Gasteiger partial charge in [0, 0.05) is 11.6 Å². The molecule has 0 spiro atoms.